The Morgan fingerprint density at radius 1 is 1.03 bits per heavy atom. The Hall–Kier alpha value is -3.29. The number of methoxy groups -OCH3 is 2. The zero-order valence-corrected chi connectivity index (χ0v) is 17.8. The number of carbonyl (C=O) groups excluding carboxylic acids is 3. The minimum Gasteiger partial charge on any atom is -0.497 e. The number of piperazine rings is 1. The Balaban J connectivity index is 1.70. The average molecular weight is 413 g/mol. The monoisotopic (exact) mass is 413 g/mol. The van der Waals surface area contributed by atoms with Crippen molar-refractivity contribution < 1.29 is 23.9 Å². The summed E-state index contributed by atoms with van der Waals surface area (Å²) in [6.45, 7) is 5.37. The predicted octanol–water partition coefficient (Wildman–Crippen LogP) is 2.28. The molecule has 0 atom stereocenters. The number of nitrogens with one attached hydrogen (secondary N) is 1. The number of benzene rings is 1. The molecule has 1 aliphatic rings. The van der Waals surface area contributed by atoms with Crippen molar-refractivity contribution in [3.8, 4) is 5.75 Å². The molecule has 2 aromatic rings. The first kappa shape index (κ1) is 21.4. The molecule has 1 N–H and O–H groups in total. The van der Waals surface area contributed by atoms with Crippen LogP contribution in [0, 0.1) is 6.92 Å². The van der Waals surface area contributed by atoms with Crippen molar-refractivity contribution in [1.82, 2.24) is 14.8 Å². The smallest absolute Gasteiger partial charge is 0.339 e. The van der Waals surface area contributed by atoms with Crippen molar-refractivity contribution in [3.05, 3.63) is 52.3 Å². The number of hydrogen-bond acceptors (Lipinski definition) is 5. The van der Waals surface area contributed by atoms with Gasteiger partial charge in [0.25, 0.3) is 11.8 Å². The van der Waals surface area contributed by atoms with Crippen molar-refractivity contribution in [2.24, 2.45) is 0 Å². The van der Waals surface area contributed by atoms with Crippen LogP contribution in [0.3, 0.4) is 0 Å². The lowest BCUT2D eigenvalue weighted by molar-refractivity contribution is 0.0531. The van der Waals surface area contributed by atoms with Crippen LogP contribution in [0.25, 0.3) is 0 Å². The average Bonchev–Trinajstić information content (AvgIpc) is 3.13. The first-order chi connectivity index (χ1) is 14.4. The number of rotatable bonds is 5. The van der Waals surface area contributed by atoms with Crippen LogP contribution in [0.5, 0.6) is 5.75 Å². The van der Waals surface area contributed by atoms with Gasteiger partial charge in [0.1, 0.15) is 11.4 Å². The van der Waals surface area contributed by atoms with Gasteiger partial charge in [-0.25, -0.2) is 4.79 Å². The summed E-state index contributed by atoms with van der Waals surface area (Å²) >= 11 is 0. The lowest BCUT2D eigenvalue weighted by Gasteiger charge is -2.34. The molecule has 0 bridgehead atoms. The van der Waals surface area contributed by atoms with Crippen LogP contribution < -0.4 is 4.74 Å². The molecule has 0 saturated carbocycles. The first-order valence-electron chi connectivity index (χ1n) is 9.93. The van der Waals surface area contributed by atoms with Crippen molar-refractivity contribution in [1.29, 1.82) is 0 Å². The fourth-order valence-electron chi connectivity index (χ4n) is 3.73. The van der Waals surface area contributed by atoms with Gasteiger partial charge in [-0.1, -0.05) is 13.0 Å². The fourth-order valence-corrected chi connectivity index (χ4v) is 3.73. The Morgan fingerprint density at radius 2 is 1.67 bits per heavy atom. The Kier molecular flexibility index (Phi) is 6.44. The van der Waals surface area contributed by atoms with Gasteiger partial charge in [0, 0.05) is 37.4 Å². The number of amides is 2. The van der Waals surface area contributed by atoms with Crippen LogP contribution in [0.2, 0.25) is 0 Å². The highest BCUT2D eigenvalue weighted by molar-refractivity contribution is 6.01. The second kappa shape index (κ2) is 9.02. The molecule has 1 aromatic heterocycles. The molecule has 30 heavy (non-hydrogen) atoms. The van der Waals surface area contributed by atoms with Gasteiger partial charge in [-0.3, -0.25) is 9.59 Å². The molecule has 1 aromatic carbocycles. The summed E-state index contributed by atoms with van der Waals surface area (Å²) in [5.41, 5.74) is 2.67. The molecule has 8 heteroatoms. The Morgan fingerprint density at radius 3 is 2.23 bits per heavy atom. The van der Waals surface area contributed by atoms with Crippen molar-refractivity contribution in [2.75, 3.05) is 40.4 Å². The van der Waals surface area contributed by atoms with Crippen LogP contribution in [-0.4, -0.2) is 73.0 Å². The van der Waals surface area contributed by atoms with Crippen LogP contribution in [0.1, 0.15) is 49.4 Å². The quantitative estimate of drug-likeness (QED) is 0.760. The van der Waals surface area contributed by atoms with Gasteiger partial charge in [0.05, 0.1) is 19.8 Å². The van der Waals surface area contributed by atoms with Crippen molar-refractivity contribution in [3.63, 3.8) is 0 Å². The molecule has 1 fully saturated rings. The highest BCUT2D eigenvalue weighted by Crippen LogP contribution is 2.22. The standard InChI is InChI=1S/C22H27N3O5/c1-5-17-18(22(28)30-4)14(2)19(23-17)21(27)25-11-9-24(10-12-25)20(26)15-7-6-8-16(13-15)29-3/h6-8,13,23H,5,9-12H2,1-4H3. The highest BCUT2D eigenvalue weighted by Gasteiger charge is 2.30. The van der Waals surface area contributed by atoms with Crippen molar-refractivity contribution in [2.45, 2.75) is 20.3 Å². The second-order valence-electron chi connectivity index (χ2n) is 7.14. The number of aryl methyl sites for hydroxylation is 1. The lowest BCUT2D eigenvalue weighted by Crippen LogP contribution is -2.50. The third kappa shape index (κ3) is 4.03. The van der Waals surface area contributed by atoms with E-state index in [0.29, 0.717) is 66.4 Å². The number of aromatic amines is 1. The van der Waals surface area contributed by atoms with Crippen molar-refractivity contribution >= 4 is 17.8 Å². The maximum atomic E-state index is 13.1. The maximum Gasteiger partial charge on any atom is 0.339 e. The Labute approximate surface area is 175 Å². The number of esters is 1. The molecule has 1 saturated heterocycles. The normalized spacial score (nSPS) is 13.9. The summed E-state index contributed by atoms with van der Waals surface area (Å²) in [7, 11) is 2.89. The predicted molar refractivity (Wildman–Crippen MR) is 111 cm³/mol. The third-order valence-electron chi connectivity index (χ3n) is 5.46. The molecule has 1 aliphatic heterocycles. The molecule has 8 nitrogen and oxygen atoms in total. The van der Waals surface area contributed by atoms with E-state index in [1.807, 2.05) is 6.92 Å². The minimum absolute atomic E-state index is 0.0849. The van der Waals surface area contributed by atoms with E-state index in [2.05, 4.69) is 4.98 Å². The molecule has 0 unspecified atom stereocenters. The molecular weight excluding hydrogens is 386 g/mol. The van der Waals surface area contributed by atoms with Crippen LogP contribution in [0.4, 0.5) is 0 Å². The second-order valence-corrected chi connectivity index (χ2v) is 7.14. The SMILES string of the molecule is CCc1[nH]c(C(=O)N2CCN(C(=O)c3cccc(OC)c3)CC2)c(C)c1C(=O)OC. The van der Waals surface area contributed by atoms with E-state index in [9.17, 15) is 14.4 Å². The van der Waals surface area contributed by atoms with Crippen LogP contribution in [0.15, 0.2) is 24.3 Å². The zero-order chi connectivity index (χ0) is 21.8. The van der Waals surface area contributed by atoms with E-state index < -0.39 is 5.97 Å². The first-order valence-corrected chi connectivity index (χ1v) is 9.93. The number of carbonyl (C=O) groups is 3. The van der Waals surface area contributed by atoms with E-state index in [1.165, 1.54) is 7.11 Å². The largest absolute Gasteiger partial charge is 0.497 e. The van der Waals surface area contributed by atoms with Gasteiger partial charge >= 0.3 is 5.97 Å². The lowest BCUT2D eigenvalue weighted by atomic mass is 10.1. The Bertz CT molecular complexity index is 958. The summed E-state index contributed by atoms with van der Waals surface area (Å²) in [4.78, 5) is 44.5. The fraction of sp³-hybridized carbons (Fsp3) is 0.409. The van der Waals surface area contributed by atoms with E-state index in [4.69, 9.17) is 9.47 Å². The highest BCUT2D eigenvalue weighted by atomic mass is 16.5. The minimum atomic E-state index is -0.451. The van der Waals surface area contributed by atoms with Gasteiger partial charge in [-0.05, 0) is 37.1 Å². The van der Waals surface area contributed by atoms with E-state index in [0.717, 1.165) is 0 Å². The molecule has 2 amide bonds. The molecule has 0 aliphatic carbocycles. The summed E-state index contributed by atoms with van der Waals surface area (Å²) in [5.74, 6) is -0.0810. The number of nitrogens with zero attached hydrogens (tertiary/aromatic N) is 2. The molecule has 0 radical (unpaired) electrons. The summed E-state index contributed by atoms with van der Waals surface area (Å²) < 4.78 is 10.0. The summed E-state index contributed by atoms with van der Waals surface area (Å²) in [6.07, 6.45) is 0.585. The van der Waals surface area contributed by atoms with E-state index in [1.54, 1.807) is 48.1 Å². The number of hydrogen-bond donors (Lipinski definition) is 1. The van der Waals surface area contributed by atoms with Gasteiger partial charge in [-0.15, -0.1) is 0 Å². The summed E-state index contributed by atoms with van der Waals surface area (Å²) in [5, 5.41) is 0. The number of aromatic nitrogens is 1. The van der Waals surface area contributed by atoms with Gasteiger partial charge < -0.3 is 24.3 Å². The van der Waals surface area contributed by atoms with E-state index in [-0.39, 0.29) is 11.8 Å². The molecule has 2 heterocycles. The summed E-state index contributed by atoms with van der Waals surface area (Å²) in [6, 6.07) is 7.04. The third-order valence-corrected chi connectivity index (χ3v) is 5.46. The number of H-pyrrole nitrogens is 1. The molecule has 160 valence electrons. The van der Waals surface area contributed by atoms with Gasteiger partial charge in [0.2, 0.25) is 0 Å². The van der Waals surface area contributed by atoms with E-state index >= 15 is 0 Å². The van der Waals surface area contributed by atoms with Gasteiger partial charge in [-0.2, -0.15) is 0 Å². The van der Waals surface area contributed by atoms with Crippen LogP contribution >= 0.6 is 0 Å². The van der Waals surface area contributed by atoms with Crippen LogP contribution in [-0.2, 0) is 11.2 Å². The topological polar surface area (TPSA) is 91.9 Å². The molecular formula is C22H27N3O5. The molecule has 3 rings (SSSR count). The van der Waals surface area contributed by atoms with Gasteiger partial charge in [0.15, 0.2) is 0 Å². The molecule has 0 spiro atoms. The maximum absolute atomic E-state index is 13.1. The zero-order valence-electron chi connectivity index (χ0n) is 17.8. The number of ether oxygens (including phenoxy) is 2.